The normalized spacial score (nSPS) is 14.0. The van der Waals surface area contributed by atoms with Crippen molar-refractivity contribution in [2.45, 2.75) is 19.9 Å². The fraction of sp³-hybridized carbons (Fsp3) is 0.0690. The molecule has 0 saturated carbocycles. The molecule has 2 amide bonds. The highest BCUT2D eigenvalue weighted by Crippen LogP contribution is 2.54. The third-order valence-electron chi connectivity index (χ3n) is 5.79. The molecule has 1 aliphatic heterocycles. The molecule has 0 radical (unpaired) electrons. The van der Waals surface area contributed by atoms with Crippen LogP contribution in [0.5, 0.6) is 0 Å². The van der Waals surface area contributed by atoms with E-state index in [1.807, 2.05) is 91.0 Å². The SMILES string of the molecule is O=CC(Sc1ccccc1)(Sc1ccccc1)[C@@H](c1ccccc1)N1C(=O)c2ccccc2C1=O. The number of carbonyl (C=O) groups excluding carboxylic acids is 3. The van der Waals surface area contributed by atoms with Gasteiger partial charge in [0.1, 0.15) is 6.29 Å². The lowest BCUT2D eigenvalue weighted by Crippen LogP contribution is -2.46. The Bertz CT molecular complexity index is 1280. The Morgan fingerprint density at radius 2 is 1.00 bits per heavy atom. The second-order valence-corrected chi connectivity index (χ2v) is 11.0. The summed E-state index contributed by atoms with van der Waals surface area (Å²) in [5, 5.41) is 0. The fourth-order valence-corrected chi connectivity index (χ4v) is 7.10. The number of hydrogen-bond acceptors (Lipinski definition) is 5. The summed E-state index contributed by atoms with van der Waals surface area (Å²) in [6.45, 7) is 0. The van der Waals surface area contributed by atoms with Gasteiger partial charge in [0.05, 0.1) is 17.2 Å². The van der Waals surface area contributed by atoms with Gasteiger partial charge in [-0.05, 0) is 42.0 Å². The first kappa shape index (κ1) is 23.1. The summed E-state index contributed by atoms with van der Waals surface area (Å²) < 4.78 is -1.25. The van der Waals surface area contributed by atoms with Crippen molar-refractivity contribution in [3.63, 3.8) is 0 Å². The first-order valence-electron chi connectivity index (χ1n) is 11.1. The number of rotatable bonds is 8. The molecule has 4 aromatic carbocycles. The van der Waals surface area contributed by atoms with Crippen LogP contribution in [0.4, 0.5) is 0 Å². The van der Waals surface area contributed by atoms with Gasteiger partial charge in [0.2, 0.25) is 0 Å². The quantitative estimate of drug-likeness (QED) is 0.121. The van der Waals surface area contributed by atoms with Gasteiger partial charge in [0.25, 0.3) is 11.8 Å². The lowest BCUT2D eigenvalue weighted by Gasteiger charge is -2.40. The van der Waals surface area contributed by atoms with E-state index in [1.165, 1.54) is 28.4 Å². The molecule has 0 aliphatic carbocycles. The van der Waals surface area contributed by atoms with Gasteiger partial charge in [-0.3, -0.25) is 14.5 Å². The molecule has 5 rings (SSSR count). The maximum absolute atomic E-state index is 13.7. The molecule has 0 saturated heterocycles. The van der Waals surface area contributed by atoms with Gasteiger partial charge >= 0.3 is 0 Å². The van der Waals surface area contributed by atoms with E-state index in [1.54, 1.807) is 24.3 Å². The van der Waals surface area contributed by atoms with Crippen molar-refractivity contribution in [1.82, 2.24) is 4.90 Å². The molecule has 1 atom stereocenters. The maximum Gasteiger partial charge on any atom is 0.262 e. The summed E-state index contributed by atoms with van der Waals surface area (Å²) in [5.41, 5.74) is 1.42. The topological polar surface area (TPSA) is 54.5 Å². The molecule has 4 aromatic rings. The number of imide groups is 1. The molecule has 0 fully saturated rings. The molecule has 0 unspecified atom stereocenters. The Labute approximate surface area is 212 Å². The van der Waals surface area contributed by atoms with Crippen LogP contribution in [-0.4, -0.2) is 27.1 Å². The van der Waals surface area contributed by atoms with Crippen molar-refractivity contribution in [2.75, 3.05) is 0 Å². The van der Waals surface area contributed by atoms with Crippen molar-refractivity contribution in [2.24, 2.45) is 0 Å². The summed E-state index contributed by atoms with van der Waals surface area (Å²) >= 11 is 2.70. The molecule has 0 aromatic heterocycles. The van der Waals surface area contributed by atoms with Gasteiger partial charge in [0, 0.05) is 9.79 Å². The lowest BCUT2D eigenvalue weighted by atomic mass is 10.0. The minimum Gasteiger partial charge on any atom is -0.301 e. The highest BCUT2D eigenvalue weighted by molar-refractivity contribution is 8.19. The van der Waals surface area contributed by atoms with Crippen molar-refractivity contribution in [1.29, 1.82) is 0 Å². The van der Waals surface area contributed by atoms with Gasteiger partial charge in [-0.15, -0.1) is 0 Å². The number of amides is 2. The zero-order chi connectivity index (χ0) is 24.3. The van der Waals surface area contributed by atoms with Crippen LogP contribution in [0, 0.1) is 0 Å². The van der Waals surface area contributed by atoms with Gasteiger partial charge in [-0.2, -0.15) is 0 Å². The smallest absolute Gasteiger partial charge is 0.262 e. The van der Waals surface area contributed by atoms with Crippen LogP contribution in [0.2, 0.25) is 0 Å². The number of hydrogen-bond donors (Lipinski definition) is 0. The average molecular weight is 496 g/mol. The zero-order valence-electron chi connectivity index (χ0n) is 18.6. The Balaban J connectivity index is 1.71. The highest BCUT2D eigenvalue weighted by atomic mass is 32.2. The van der Waals surface area contributed by atoms with Gasteiger partial charge < -0.3 is 4.79 Å². The first-order valence-corrected chi connectivity index (χ1v) is 12.7. The number of carbonyl (C=O) groups is 3. The van der Waals surface area contributed by atoms with E-state index in [0.717, 1.165) is 16.1 Å². The van der Waals surface area contributed by atoms with Crippen LogP contribution in [-0.2, 0) is 4.79 Å². The van der Waals surface area contributed by atoms with E-state index in [9.17, 15) is 14.4 Å². The number of benzene rings is 4. The van der Waals surface area contributed by atoms with Gasteiger partial charge in [0.15, 0.2) is 4.08 Å². The Hall–Kier alpha value is -3.61. The molecule has 0 N–H and O–H groups in total. The minimum atomic E-state index is -1.25. The number of nitrogens with zero attached hydrogens (tertiary/aromatic N) is 1. The summed E-state index contributed by atoms with van der Waals surface area (Å²) in [5.74, 6) is -0.791. The van der Waals surface area contributed by atoms with Crippen molar-refractivity contribution in [3.05, 3.63) is 132 Å². The molecule has 1 heterocycles. The summed E-state index contributed by atoms with van der Waals surface area (Å²) in [6, 6.07) is 34.4. The molecule has 0 spiro atoms. The standard InChI is InChI=1S/C29H21NO3S2/c31-20-29(34-22-14-6-2-7-15-22,35-23-16-8-3-9-17-23)26(21-12-4-1-5-13-21)30-27(32)24-18-10-11-19-25(24)28(30)33/h1-20,26H/t26-/m1/s1. The molecule has 1 aliphatic rings. The predicted molar refractivity (Wildman–Crippen MR) is 140 cm³/mol. The largest absolute Gasteiger partial charge is 0.301 e. The predicted octanol–water partition coefficient (Wildman–Crippen LogP) is 6.50. The number of fused-ring (bicyclic) bond motifs is 1. The van der Waals surface area contributed by atoms with Crippen LogP contribution in [0.25, 0.3) is 0 Å². The van der Waals surface area contributed by atoms with Crippen LogP contribution in [0.3, 0.4) is 0 Å². The molecule has 0 bridgehead atoms. The molecular formula is C29H21NO3S2. The van der Waals surface area contributed by atoms with Crippen LogP contribution in [0.1, 0.15) is 32.3 Å². The second kappa shape index (κ2) is 9.94. The average Bonchev–Trinajstić information content (AvgIpc) is 3.16. The van der Waals surface area contributed by atoms with Gasteiger partial charge in [-0.1, -0.05) is 102 Å². The van der Waals surface area contributed by atoms with E-state index in [4.69, 9.17) is 0 Å². The van der Waals surface area contributed by atoms with E-state index in [0.29, 0.717) is 16.7 Å². The Kier molecular flexibility index (Phi) is 6.57. The second-order valence-electron chi connectivity index (χ2n) is 8.01. The Morgan fingerprint density at radius 3 is 1.43 bits per heavy atom. The fourth-order valence-electron chi connectivity index (χ4n) is 4.23. The molecule has 35 heavy (non-hydrogen) atoms. The van der Waals surface area contributed by atoms with E-state index in [-0.39, 0.29) is 0 Å². The third-order valence-corrected chi connectivity index (χ3v) is 8.58. The van der Waals surface area contributed by atoms with E-state index >= 15 is 0 Å². The number of aldehydes is 1. The lowest BCUT2D eigenvalue weighted by molar-refractivity contribution is -0.108. The van der Waals surface area contributed by atoms with Crippen LogP contribution >= 0.6 is 23.5 Å². The van der Waals surface area contributed by atoms with Crippen LogP contribution in [0.15, 0.2) is 125 Å². The van der Waals surface area contributed by atoms with E-state index in [2.05, 4.69) is 0 Å². The van der Waals surface area contributed by atoms with E-state index < -0.39 is 21.9 Å². The maximum atomic E-state index is 13.7. The highest BCUT2D eigenvalue weighted by Gasteiger charge is 2.52. The molecule has 6 heteroatoms. The Morgan fingerprint density at radius 1 is 0.600 bits per heavy atom. The zero-order valence-corrected chi connectivity index (χ0v) is 20.2. The van der Waals surface area contributed by atoms with Crippen LogP contribution < -0.4 is 0 Å². The van der Waals surface area contributed by atoms with Gasteiger partial charge in [-0.25, -0.2) is 0 Å². The summed E-state index contributed by atoms with van der Waals surface area (Å²) in [7, 11) is 0. The van der Waals surface area contributed by atoms with Crippen molar-refractivity contribution >= 4 is 41.6 Å². The summed E-state index contributed by atoms with van der Waals surface area (Å²) in [4.78, 5) is 43.5. The first-order chi connectivity index (χ1) is 17.1. The number of thioether (sulfide) groups is 2. The van der Waals surface area contributed by atoms with Crippen molar-refractivity contribution < 1.29 is 14.4 Å². The van der Waals surface area contributed by atoms with Crippen molar-refractivity contribution in [3.8, 4) is 0 Å². The molecule has 172 valence electrons. The molecule has 4 nitrogen and oxygen atoms in total. The minimum absolute atomic E-state index is 0.354. The third kappa shape index (κ3) is 4.43. The molecular weight excluding hydrogens is 474 g/mol. The summed E-state index contributed by atoms with van der Waals surface area (Å²) in [6.07, 6.45) is 0.879. The monoisotopic (exact) mass is 495 g/mol.